The Morgan fingerprint density at radius 1 is 1.08 bits per heavy atom. The Kier molecular flexibility index (Phi) is 10.4. The molecule has 4 heterocycles. The van der Waals surface area contributed by atoms with Gasteiger partial charge in [0.05, 0.1) is 29.1 Å². The highest BCUT2D eigenvalue weighted by Crippen LogP contribution is 2.46. The van der Waals surface area contributed by atoms with Crippen molar-refractivity contribution in [1.29, 1.82) is 0 Å². The monoisotopic (exact) mass is 703 g/mol. The lowest BCUT2D eigenvalue weighted by molar-refractivity contribution is -0.150. The summed E-state index contributed by atoms with van der Waals surface area (Å²) in [7, 11) is 0. The lowest BCUT2D eigenvalue weighted by Gasteiger charge is -2.30. The van der Waals surface area contributed by atoms with Crippen LogP contribution in [0.3, 0.4) is 0 Å². The molecule has 0 spiro atoms. The number of carbonyl (C=O) groups is 4. The van der Waals surface area contributed by atoms with Crippen LogP contribution < -0.4 is 15.4 Å². The first-order chi connectivity index (χ1) is 24.0. The standard InChI is InChI=1S/C37H45N5O7S/c1-5-47-34(45)37-21-23(37)14-9-7-6-8-10-17-27(40-35(46)49-36(2,3)4)33(44)42-22-24(20-28(42)31(43)41-37)48-32-30(29-18-13-19-50-29)38-25-15-11-12-16-26(25)39-32/h9,11-16,18-19,23-24,27-28H,5-8,10,17,20-22H2,1-4H3,(H,40,46)(H,41,43)/b14-9-/t23-,24?,27-,28+,37-/m1/s1. The molecule has 0 bridgehead atoms. The van der Waals surface area contributed by atoms with Crippen LogP contribution in [0.25, 0.3) is 21.6 Å². The molecular weight excluding hydrogens is 659 g/mol. The van der Waals surface area contributed by atoms with Gasteiger partial charge in [0, 0.05) is 12.3 Å². The van der Waals surface area contributed by atoms with Gasteiger partial charge in [-0.05, 0) is 77.0 Å². The highest BCUT2D eigenvalue weighted by atomic mass is 32.1. The van der Waals surface area contributed by atoms with Gasteiger partial charge in [-0.25, -0.2) is 19.6 Å². The van der Waals surface area contributed by atoms with Gasteiger partial charge in [0.1, 0.15) is 35.0 Å². The van der Waals surface area contributed by atoms with Crippen molar-refractivity contribution in [3.63, 3.8) is 0 Å². The number of hydrogen-bond donors (Lipinski definition) is 2. The predicted molar refractivity (Wildman–Crippen MR) is 188 cm³/mol. The number of aromatic nitrogens is 2. The van der Waals surface area contributed by atoms with Gasteiger partial charge in [-0.3, -0.25) is 9.59 Å². The van der Waals surface area contributed by atoms with Crippen LogP contribution in [0.5, 0.6) is 5.88 Å². The predicted octanol–water partition coefficient (Wildman–Crippen LogP) is 5.56. The van der Waals surface area contributed by atoms with Crippen LogP contribution in [0, 0.1) is 5.92 Å². The minimum atomic E-state index is -1.21. The first-order valence-corrected chi connectivity index (χ1v) is 18.3. The molecule has 1 unspecified atom stereocenters. The summed E-state index contributed by atoms with van der Waals surface area (Å²) in [4.78, 5) is 66.9. The third-order valence-electron chi connectivity index (χ3n) is 9.14. The number of benzene rings is 1. The van der Waals surface area contributed by atoms with Gasteiger partial charge in [-0.2, -0.15) is 0 Å². The summed E-state index contributed by atoms with van der Waals surface area (Å²) >= 11 is 1.50. The molecule has 12 nitrogen and oxygen atoms in total. The van der Waals surface area contributed by atoms with E-state index in [1.54, 1.807) is 27.7 Å². The fourth-order valence-corrected chi connectivity index (χ4v) is 7.35. The normalized spacial score (nSPS) is 26.4. The fourth-order valence-electron chi connectivity index (χ4n) is 6.64. The molecule has 266 valence electrons. The maximum atomic E-state index is 14.4. The zero-order valence-electron chi connectivity index (χ0n) is 29.0. The number of thiophene rings is 1. The number of hydrogen-bond acceptors (Lipinski definition) is 10. The third-order valence-corrected chi connectivity index (χ3v) is 10.0. The van der Waals surface area contributed by atoms with E-state index in [1.807, 2.05) is 53.9 Å². The summed E-state index contributed by atoms with van der Waals surface area (Å²) in [5.41, 5.74) is -0.0443. The van der Waals surface area contributed by atoms with E-state index in [4.69, 9.17) is 24.2 Å². The molecule has 2 N–H and O–H groups in total. The van der Waals surface area contributed by atoms with E-state index in [1.165, 1.54) is 16.2 Å². The number of esters is 1. The van der Waals surface area contributed by atoms with Crippen LogP contribution in [0.4, 0.5) is 4.79 Å². The van der Waals surface area contributed by atoms with Gasteiger partial charge >= 0.3 is 12.1 Å². The van der Waals surface area contributed by atoms with E-state index >= 15 is 0 Å². The number of fused-ring (bicyclic) bond motifs is 3. The van der Waals surface area contributed by atoms with E-state index in [0.717, 1.165) is 24.1 Å². The molecular formula is C37H45N5O7S. The van der Waals surface area contributed by atoms with Crippen molar-refractivity contribution in [1.82, 2.24) is 25.5 Å². The Morgan fingerprint density at radius 3 is 2.58 bits per heavy atom. The summed E-state index contributed by atoms with van der Waals surface area (Å²) in [6.07, 6.45) is 6.76. The van der Waals surface area contributed by atoms with Crippen molar-refractivity contribution in [2.75, 3.05) is 13.2 Å². The van der Waals surface area contributed by atoms with Crippen LogP contribution in [-0.4, -0.2) is 81.2 Å². The van der Waals surface area contributed by atoms with E-state index in [9.17, 15) is 19.2 Å². The molecule has 3 aliphatic rings. The molecule has 1 aliphatic carbocycles. The number of amides is 3. The second-order valence-electron chi connectivity index (χ2n) is 14.1. The summed E-state index contributed by atoms with van der Waals surface area (Å²) in [6, 6.07) is 9.44. The Morgan fingerprint density at radius 2 is 1.86 bits per heavy atom. The largest absolute Gasteiger partial charge is 0.471 e. The Hall–Kier alpha value is -4.52. The van der Waals surface area contributed by atoms with Gasteiger partial charge in [0.2, 0.25) is 17.7 Å². The molecule has 2 aromatic heterocycles. The highest BCUT2D eigenvalue weighted by Gasteiger charge is 2.62. The van der Waals surface area contributed by atoms with Crippen LogP contribution in [0.1, 0.15) is 72.6 Å². The van der Waals surface area contributed by atoms with Crippen molar-refractivity contribution < 1.29 is 33.4 Å². The van der Waals surface area contributed by atoms with Gasteiger partial charge in [-0.15, -0.1) is 11.3 Å². The van der Waals surface area contributed by atoms with Gasteiger partial charge < -0.3 is 29.7 Å². The zero-order valence-corrected chi connectivity index (χ0v) is 29.8. The van der Waals surface area contributed by atoms with Crippen molar-refractivity contribution in [2.45, 2.75) is 102 Å². The molecule has 3 aromatic rings. The molecule has 2 fully saturated rings. The topological polar surface area (TPSA) is 149 Å². The number of carbonyl (C=O) groups excluding carboxylic acids is 4. The maximum Gasteiger partial charge on any atom is 0.408 e. The van der Waals surface area contributed by atoms with Crippen molar-refractivity contribution in [3.8, 4) is 16.5 Å². The first-order valence-electron chi connectivity index (χ1n) is 17.4. The number of allylic oxidation sites excluding steroid dienone is 1. The molecule has 50 heavy (non-hydrogen) atoms. The molecule has 1 aromatic carbocycles. The lowest BCUT2D eigenvalue weighted by Crippen LogP contribution is -2.56. The number of alkyl carbamates (subject to hydrolysis) is 1. The molecule has 6 rings (SSSR count). The number of nitrogens with zero attached hydrogens (tertiary/aromatic N) is 3. The fraction of sp³-hybridized carbons (Fsp3) is 0.514. The minimum Gasteiger partial charge on any atom is -0.471 e. The van der Waals surface area contributed by atoms with Crippen LogP contribution in [-0.2, 0) is 23.9 Å². The molecule has 1 saturated heterocycles. The average Bonchev–Trinajstić information content (AvgIpc) is 3.38. The van der Waals surface area contributed by atoms with E-state index < -0.39 is 53.2 Å². The number of para-hydroxylation sites is 2. The first kappa shape index (κ1) is 35.3. The van der Waals surface area contributed by atoms with E-state index in [2.05, 4.69) is 10.6 Å². The van der Waals surface area contributed by atoms with Gasteiger partial charge in [0.25, 0.3) is 0 Å². The molecule has 13 heteroatoms. The average molecular weight is 704 g/mol. The van der Waals surface area contributed by atoms with Crippen molar-refractivity contribution in [2.24, 2.45) is 5.92 Å². The summed E-state index contributed by atoms with van der Waals surface area (Å²) in [6.45, 7) is 7.22. The number of nitrogens with one attached hydrogen (secondary N) is 2. The molecule has 2 aliphatic heterocycles. The third kappa shape index (κ3) is 7.93. The summed E-state index contributed by atoms with van der Waals surface area (Å²) in [5, 5.41) is 7.72. The maximum absolute atomic E-state index is 14.4. The van der Waals surface area contributed by atoms with Crippen LogP contribution >= 0.6 is 11.3 Å². The smallest absolute Gasteiger partial charge is 0.408 e. The summed E-state index contributed by atoms with van der Waals surface area (Å²) in [5.74, 6) is -1.31. The second kappa shape index (κ2) is 14.8. The lowest BCUT2D eigenvalue weighted by atomic mass is 10.0. The Balaban J connectivity index is 1.33. The van der Waals surface area contributed by atoms with E-state index in [0.29, 0.717) is 41.9 Å². The van der Waals surface area contributed by atoms with Crippen LogP contribution in [0.15, 0.2) is 53.9 Å². The van der Waals surface area contributed by atoms with E-state index in [-0.39, 0.29) is 25.5 Å². The highest BCUT2D eigenvalue weighted by molar-refractivity contribution is 7.13. The number of ether oxygens (including phenoxy) is 3. The minimum absolute atomic E-state index is 0.0531. The number of rotatable bonds is 6. The molecule has 3 amide bonds. The molecule has 1 saturated carbocycles. The van der Waals surface area contributed by atoms with Crippen molar-refractivity contribution in [3.05, 3.63) is 53.9 Å². The Bertz CT molecular complexity index is 1760. The van der Waals surface area contributed by atoms with Crippen molar-refractivity contribution >= 4 is 46.2 Å². The van der Waals surface area contributed by atoms with Crippen LogP contribution in [0.2, 0.25) is 0 Å². The molecule has 5 atom stereocenters. The molecule has 0 radical (unpaired) electrons. The summed E-state index contributed by atoms with van der Waals surface area (Å²) < 4.78 is 17.5. The van der Waals surface area contributed by atoms with Gasteiger partial charge in [0.15, 0.2) is 0 Å². The SMILES string of the molecule is CCOC(=O)[C@@]12C[C@H]1/C=C\CCCCC[C@@H](NC(=O)OC(C)(C)C)C(=O)N1CC(Oc3nc4ccccc4nc3-c3cccs3)C[C@H]1C(=O)N2. The second-order valence-corrected chi connectivity index (χ2v) is 15.0. The van der Waals surface area contributed by atoms with Gasteiger partial charge in [-0.1, -0.05) is 43.2 Å². The zero-order chi connectivity index (χ0) is 35.5. The Labute approximate surface area is 296 Å². The quantitative estimate of drug-likeness (QED) is 0.249.